The number of halogens is 1. The molecule has 1 aromatic carbocycles. The Kier molecular flexibility index (Phi) is 4.27. The minimum absolute atomic E-state index is 0.713. The Morgan fingerprint density at radius 2 is 2.05 bits per heavy atom. The fraction of sp³-hybridized carbons (Fsp3) is 0.125. The van der Waals surface area contributed by atoms with Crippen molar-refractivity contribution >= 4 is 34.5 Å². The number of hydrogen-bond acceptors (Lipinski definition) is 4. The first-order valence-electron chi connectivity index (χ1n) is 6.76. The Balaban J connectivity index is 2.02. The van der Waals surface area contributed by atoms with Gasteiger partial charge in [-0.3, -0.25) is 9.58 Å². The third kappa shape index (κ3) is 3.05. The fourth-order valence-electron chi connectivity index (χ4n) is 2.06. The van der Waals surface area contributed by atoms with Gasteiger partial charge >= 0.3 is 0 Å². The normalized spacial score (nSPS) is 11.7. The molecular weight excluding hydrogens is 316 g/mol. The van der Waals surface area contributed by atoms with Gasteiger partial charge in [0.15, 0.2) is 5.84 Å². The van der Waals surface area contributed by atoms with E-state index in [1.807, 2.05) is 47.1 Å². The van der Waals surface area contributed by atoms with Crippen LogP contribution >= 0.6 is 22.9 Å². The van der Waals surface area contributed by atoms with Crippen molar-refractivity contribution in [3.05, 3.63) is 69.9 Å². The van der Waals surface area contributed by atoms with Crippen LogP contribution in [-0.2, 0) is 0 Å². The molecule has 0 atom stereocenters. The molecule has 0 saturated carbocycles. The zero-order chi connectivity index (χ0) is 15.5. The van der Waals surface area contributed by atoms with Crippen LogP contribution in [0.4, 0.5) is 5.69 Å². The zero-order valence-corrected chi connectivity index (χ0v) is 13.8. The molecule has 2 aromatic heterocycles. The first kappa shape index (κ1) is 14.8. The highest BCUT2D eigenvalue weighted by atomic mass is 35.5. The van der Waals surface area contributed by atoms with E-state index in [1.165, 1.54) is 5.56 Å². The van der Waals surface area contributed by atoms with Crippen molar-refractivity contribution < 1.29 is 0 Å². The smallest absolute Gasteiger partial charge is 0.176 e. The maximum atomic E-state index is 5.94. The molecule has 0 unspecified atom stereocenters. The van der Waals surface area contributed by atoms with E-state index in [2.05, 4.69) is 23.4 Å². The van der Waals surface area contributed by atoms with Crippen molar-refractivity contribution in [3.8, 4) is 0 Å². The van der Waals surface area contributed by atoms with Gasteiger partial charge in [0.05, 0.1) is 10.6 Å². The average molecular weight is 331 g/mol. The van der Waals surface area contributed by atoms with Gasteiger partial charge in [-0.05, 0) is 48.2 Å². The van der Waals surface area contributed by atoms with Crippen LogP contribution in [-0.4, -0.2) is 22.4 Å². The number of nitrogens with zero attached hydrogens (tertiary/aromatic N) is 4. The van der Waals surface area contributed by atoms with Crippen LogP contribution < -0.4 is 5.01 Å². The fourth-order valence-corrected chi connectivity index (χ4v) is 3.10. The number of aromatic nitrogens is 2. The number of aryl methyl sites for hydroxylation is 1. The zero-order valence-electron chi connectivity index (χ0n) is 12.3. The molecule has 4 nitrogen and oxygen atoms in total. The Labute approximate surface area is 138 Å². The van der Waals surface area contributed by atoms with Crippen molar-refractivity contribution in [2.75, 3.05) is 12.1 Å². The lowest BCUT2D eigenvalue weighted by Crippen LogP contribution is -2.19. The number of hydrazone groups is 1. The van der Waals surface area contributed by atoms with Crippen LogP contribution in [0.25, 0.3) is 0 Å². The number of anilines is 1. The topological polar surface area (TPSA) is 33.4 Å². The van der Waals surface area contributed by atoms with Crippen LogP contribution in [0.5, 0.6) is 0 Å². The van der Waals surface area contributed by atoms with Gasteiger partial charge in [0.2, 0.25) is 0 Å². The summed E-state index contributed by atoms with van der Waals surface area (Å²) in [6, 6.07) is 9.69. The van der Waals surface area contributed by atoms with Gasteiger partial charge in [-0.2, -0.15) is 5.10 Å². The van der Waals surface area contributed by atoms with Gasteiger partial charge in [0.25, 0.3) is 0 Å². The summed E-state index contributed by atoms with van der Waals surface area (Å²) in [6.07, 6.45) is 5.40. The van der Waals surface area contributed by atoms with Crippen molar-refractivity contribution in [2.24, 2.45) is 5.10 Å². The van der Waals surface area contributed by atoms with Crippen molar-refractivity contribution in [2.45, 2.75) is 6.92 Å². The molecule has 2 heterocycles. The molecule has 0 aliphatic heterocycles. The quantitative estimate of drug-likeness (QED) is 0.408. The molecule has 6 heteroatoms. The van der Waals surface area contributed by atoms with E-state index >= 15 is 0 Å². The maximum absolute atomic E-state index is 5.94. The summed E-state index contributed by atoms with van der Waals surface area (Å²) in [5, 5.41) is 9.38. The van der Waals surface area contributed by atoms with Crippen LogP contribution in [0.1, 0.15) is 10.4 Å². The van der Waals surface area contributed by atoms with Crippen LogP contribution in [0.2, 0.25) is 5.02 Å². The lowest BCUT2D eigenvalue weighted by Gasteiger charge is -2.16. The Bertz CT molecular complexity index is 775. The van der Waals surface area contributed by atoms with Gasteiger partial charge in [-0.15, -0.1) is 11.3 Å². The summed E-state index contributed by atoms with van der Waals surface area (Å²) in [6.45, 7) is 2.08. The number of benzene rings is 1. The van der Waals surface area contributed by atoms with Gasteiger partial charge < -0.3 is 0 Å². The Hall–Kier alpha value is -2.11. The number of hydrogen-bond donors (Lipinski definition) is 0. The molecule has 0 amide bonds. The highest BCUT2D eigenvalue weighted by Crippen LogP contribution is 2.21. The molecular formula is C16H15ClN4S. The largest absolute Gasteiger partial charge is 0.288 e. The van der Waals surface area contributed by atoms with Crippen molar-refractivity contribution in [1.29, 1.82) is 0 Å². The summed E-state index contributed by atoms with van der Waals surface area (Å²) in [5.41, 5.74) is 2.16. The molecule has 3 aromatic rings. The summed E-state index contributed by atoms with van der Waals surface area (Å²) in [4.78, 5) is 5.25. The molecule has 0 saturated heterocycles. The standard InChI is InChI=1S/C16H15ClN4S/c1-12-7-10-22-15(12)16(21-9-8-18-11-21)19-20(2)14-5-3-13(17)4-6-14/h3-11H,1-2H3/b19-16-. The lowest BCUT2D eigenvalue weighted by molar-refractivity contribution is 0.983. The Morgan fingerprint density at radius 3 is 2.64 bits per heavy atom. The first-order valence-corrected chi connectivity index (χ1v) is 8.01. The van der Waals surface area contributed by atoms with Crippen molar-refractivity contribution in [3.63, 3.8) is 0 Å². The van der Waals surface area contributed by atoms with Gasteiger partial charge in [-0.1, -0.05) is 11.6 Å². The summed E-state index contributed by atoms with van der Waals surface area (Å²) < 4.78 is 1.92. The Morgan fingerprint density at radius 1 is 1.27 bits per heavy atom. The molecule has 0 N–H and O–H groups in total. The van der Waals surface area contributed by atoms with Crippen molar-refractivity contribution in [1.82, 2.24) is 9.55 Å². The lowest BCUT2D eigenvalue weighted by atomic mass is 10.3. The third-order valence-electron chi connectivity index (χ3n) is 3.26. The summed E-state index contributed by atoms with van der Waals surface area (Å²) in [5.74, 6) is 0.849. The van der Waals surface area contributed by atoms with Gasteiger partial charge in [0, 0.05) is 24.5 Å². The first-order chi connectivity index (χ1) is 10.6. The monoisotopic (exact) mass is 330 g/mol. The number of thiophene rings is 1. The van der Waals surface area contributed by atoms with Gasteiger partial charge in [0.1, 0.15) is 6.33 Å². The summed E-state index contributed by atoms with van der Waals surface area (Å²) in [7, 11) is 1.92. The van der Waals surface area contributed by atoms with Crippen LogP contribution in [0, 0.1) is 6.92 Å². The maximum Gasteiger partial charge on any atom is 0.176 e. The number of imidazole rings is 1. The van der Waals surface area contributed by atoms with E-state index in [0.717, 1.165) is 16.4 Å². The predicted molar refractivity (Wildman–Crippen MR) is 93.1 cm³/mol. The van der Waals surface area contributed by atoms with Gasteiger partial charge in [-0.25, -0.2) is 4.98 Å². The summed E-state index contributed by atoms with van der Waals surface area (Å²) >= 11 is 7.61. The minimum Gasteiger partial charge on any atom is -0.288 e. The second-order valence-corrected chi connectivity index (χ2v) is 6.18. The third-order valence-corrected chi connectivity index (χ3v) is 4.52. The average Bonchev–Trinajstić information content (AvgIpc) is 3.17. The molecule has 3 rings (SSSR count). The van der Waals surface area contributed by atoms with E-state index < -0.39 is 0 Å². The SMILES string of the molecule is Cc1ccsc1/C(=N/N(C)c1ccc(Cl)cc1)n1ccnc1. The van der Waals surface area contributed by atoms with Crippen LogP contribution in [0.3, 0.4) is 0 Å². The predicted octanol–water partition coefficient (Wildman–Crippen LogP) is 4.25. The van der Waals surface area contributed by atoms with E-state index in [4.69, 9.17) is 16.7 Å². The highest BCUT2D eigenvalue weighted by Gasteiger charge is 2.12. The minimum atomic E-state index is 0.713. The molecule has 0 bridgehead atoms. The van der Waals surface area contributed by atoms with Crippen LogP contribution in [0.15, 0.2) is 59.5 Å². The molecule has 112 valence electrons. The second kappa shape index (κ2) is 6.34. The second-order valence-electron chi connectivity index (χ2n) is 4.83. The highest BCUT2D eigenvalue weighted by molar-refractivity contribution is 7.12. The van der Waals surface area contributed by atoms with E-state index in [-0.39, 0.29) is 0 Å². The van der Waals surface area contributed by atoms with E-state index in [0.29, 0.717) is 5.02 Å². The molecule has 22 heavy (non-hydrogen) atoms. The molecule has 0 aliphatic rings. The molecule has 0 radical (unpaired) electrons. The molecule has 0 aliphatic carbocycles. The molecule has 0 spiro atoms. The molecule has 0 fully saturated rings. The van der Waals surface area contributed by atoms with E-state index in [1.54, 1.807) is 23.9 Å². The number of rotatable bonds is 3. The van der Waals surface area contributed by atoms with E-state index in [9.17, 15) is 0 Å².